The number of nitrogens with two attached hydrogens (primary N) is 1. The number of aromatic amines is 1. The van der Waals surface area contributed by atoms with Gasteiger partial charge in [0.15, 0.2) is 17.1 Å². The van der Waals surface area contributed by atoms with E-state index in [0.717, 1.165) is 31.9 Å². The zero-order valence-electron chi connectivity index (χ0n) is 19.1. The smallest absolute Gasteiger partial charge is 0.213 e. The maximum atomic E-state index is 14.4. The lowest BCUT2D eigenvalue weighted by Gasteiger charge is -2.41. The number of anilines is 1. The van der Waals surface area contributed by atoms with Crippen LogP contribution in [-0.2, 0) is 4.74 Å². The Morgan fingerprint density at radius 3 is 2.80 bits per heavy atom. The monoisotopic (exact) mass is 470 g/mol. The highest BCUT2D eigenvalue weighted by Gasteiger charge is 2.47. The second-order valence-corrected chi connectivity index (χ2v) is 9.25. The maximum absolute atomic E-state index is 14.4. The van der Waals surface area contributed by atoms with E-state index in [2.05, 4.69) is 31.9 Å². The minimum Gasteiger partial charge on any atom is -0.376 e. The van der Waals surface area contributed by atoms with Gasteiger partial charge in [0.25, 0.3) is 0 Å². The zero-order chi connectivity index (χ0) is 24.2. The van der Waals surface area contributed by atoms with Gasteiger partial charge in [0, 0.05) is 36.9 Å². The molecule has 2 saturated heterocycles. The molecular weight excluding hydrogens is 447 g/mol. The number of H-pyrrole nitrogens is 1. The Morgan fingerprint density at radius 2 is 2.06 bits per heavy atom. The van der Waals surface area contributed by atoms with Crippen molar-refractivity contribution in [3.05, 3.63) is 53.2 Å². The molecule has 6 rings (SSSR count). The summed E-state index contributed by atoms with van der Waals surface area (Å²) in [6.07, 6.45) is 5.52. The highest BCUT2D eigenvalue weighted by atomic mass is 19.1. The quantitative estimate of drug-likeness (QED) is 0.410. The minimum atomic E-state index is -0.637. The standard InChI is InChI=1S/C25H23FN8O/c1-15-21(28)25(14-35-15)7-10-33(11-8-25)24-30-22-19(23-29-9-12-34(23)24)18(31-32-22)6-5-16-3-2-4-17(13-27)20(16)26/h2-4,9,12,15,21H,7-8,10-11,14,28H2,1H3,(H,31,32)/t15-,21+/m0/s1. The number of halogens is 1. The molecule has 0 radical (unpaired) electrons. The molecule has 2 aliphatic heterocycles. The van der Waals surface area contributed by atoms with Crippen molar-refractivity contribution in [2.75, 3.05) is 24.6 Å². The molecule has 35 heavy (non-hydrogen) atoms. The summed E-state index contributed by atoms with van der Waals surface area (Å²) in [5.41, 5.74) is 8.23. The molecule has 1 spiro atoms. The molecule has 2 aliphatic rings. The Hall–Kier alpha value is -3.99. The SMILES string of the molecule is C[C@@H]1OCC2(CCN(c3nc4n[nH]c(C#Cc5cccc(C#N)c5F)c4c4nccn34)CC2)[C@@H]1N. The molecule has 2 fully saturated rings. The summed E-state index contributed by atoms with van der Waals surface area (Å²) in [7, 11) is 0. The van der Waals surface area contributed by atoms with E-state index < -0.39 is 5.82 Å². The summed E-state index contributed by atoms with van der Waals surface area (Å²) in [4.78, 5) is 11.6. The molecule has 0 saturated carbocycles. The van der Waals surface area contributed by atoms with Gasteiger partial charge in [-0.3, -0.25) is 9.50 Å². The number of nitrogens with one attached hydrogen (secondary N) is 1. The lowest BCUT2D eigenvalue weighted by atomic mass is 9.73. The highest BCUT2D eigenvalue weighted by molar-refractivity contribution is 5.94. The first-order valence-corrected chi connectivity index (χ1v) is 11.5. The number of nitrogens with zero attached hydrogens (tertiary/aromatic N) is 6. The third-order valence-electron chi connectivity index (χ3n) is 7.36. The van der Waals surface area contributed by atoms with Crippen LogP contribution in [0, 0.1) is 34.4 Å². The van der Waals surface area contributed by atoms with Crippen molar-refractivity contribution in [2.24, 2.45) is 11.1 Å². The van der Waals surface area contributed by atoms with E-state index >= 15 is 0 Å². The molecule has 4 aromatic rings. The lowest BCUT2D eigenvalue weighted by molar-refractivity contribution is 0.0973. The van der Waals surface area contributed by atoms with E-state index in [9.17, 15) is 4.39 Å². The van der Waals surface area contributed by atoms with Crippen LogP contribution >= 0.6 is 0 Å². The number of imidazole rings is 1. The predicted octanol–water partition coefficient (Wildman–Crippen LogP) is 2.35. The molecule has 3 N–H and O–H groups in total. The molecule has 0 aliphatic carbocycles. The minimum absolute atomic E-state index is 0.0152. The molecule has 2 atom stereocenters. The molecular formula is C25H23FN8O. The van der Waals surface area contributed by atoms with Crippen molar-refractivity contribution >= 4 is 22.6 Å². The fraction of sp³-hybridized carbons (Fsp3) is 0.360. The van der Waals surface area contributed by atoms with Crippen LogP contribution in [0.25, 0.3) is 16.7 Å². The van der Waals surface area contributed by atoms with E-state index in [0.29, 0.717) is 29.0 Å². The number of fused-ring (bicyclic) bond motifs is 3. The predicted molar refractivity (Wildman–Crippen MR) is 127 cm³/mol. The molecule has 0 unspecified atom stereocenters. The summed E-state index contributed by atoms with van der Waals surface area (Å²) < 4.78 is 22.2. The number of hydrogen-bond acceptors (Lipinski definition) is 7. The first-order chi connectivity index (χ1) is 17.0. The largest absolute Gasteiger partial charge is 0.376 e. The van der Waals surface area contributed by atoms with Gasteiger partial charge in [-0.15, -0.1) is 0 Å². The van der Waals surface area contributed by atoms with E-state index in [1.807, 2.05) is 23.6 Å². The van der Waals surface area contributed by atoms with E-state index in [1.165, 1.54) is 12.1 Å². The zero-order valence-corrected chi connectivity index (χ0v) is 19.1. The van der Waals surface area contributed by atoms with Crippen LogP contribution in [0.15, 0.2) is 30.6 Å². The Kier molecular flexibility index (Phi) is 4.95. The summed E-state index contributed by atoms with van der Waals surface area (Å²) in [6.45, 7) is 4.36. The van der Waals surface area contributed by atoms with Crippen LogP contribution in [0.4, 0.5) is 10.3 Å². The normalized spacial score (nSPS) is 21.4. The van der Waals surface area contributed by atoms with Crippen LogP contribution in [0.3, 0.4) is 0 Å². The van der Waals surface area contributed by atoms with Crippen molar-refractivity contribution < 1.29 is 9.13 Å². The Balaban J connectivity index is 1.35. The average molecular weight is 471 g/mol. The molecule has 1 aromatic carbocycles. The summed E-state index contributed by atoms with van der Waals surface area (Å²) in [5.74, 6) is 5.88. The molecule has 5 heterocycles. The Morgan fingerprint density at radius 1 is 1.26 bits per heavy atom. The van der Waals surface area contributed by atoms with Gasteiger partial charge in [0.1, 0.15) is 11.8 Å². The summed E-state index contributed by atoms with van der Waals surface area (Å²) >= 11 is 0. The summed E-state index contributed by atoms with van der Waals surface area (Å²) in [5, 5.41) is 17.0. The first-order valence-electron chi connectivity index (χ1n) is 11.5. The van der Waals surface area contributed by atoms with E-state index in [-0.39, 0.29) is 28.7 Å². The van der Waals surface area contributed by atoms with Gasteiger partial charge in [0.2, 0.25) is 5.95 Å². The number of rotatable bonds is 1. The van der Waals surface area contributed by atoms with Gasteiger partial charge in [-0.25, -0.2) is 9.37 Å². The van der Waals surface area contributed by atoms with Crippen LogP contribution in [0.1, 0.15) is 36.6 Å². The number of piperidine rings is 1. The maximum Gasteiger partial charge on any atom is 0.213 e. The second kappa shape index (κ2) is 8.05. The fourth-order valence-electron chi connectivity index (χ4n) is 5.21. The topological polar surface area (TPSA) is 121 Å². The molecule has 3 aromatic heterocycles. The number of nitriles is 1. The first kappa shape index (κ1) is 21.5. The van der Waals surface area contributed by atoms with Crippen LogP contribution in [0.2, 0.25) is 0 Å². The molecule has 0 amide bonds. The van der Waals surface area contributed by atoms with Crippen molar-refractivity contribution in [1.82, 2.24) is 24.6 Å². The van der Waals surface area contributed by atoms with Gasteiger partial charge in [-0.1, -0.05) is 12.0 Å². The third-order valence-corrected chi connectivity index (χ3v) is 7.36. The van der Waals surface area contributed by atoms with Gasteiger partial charge in [0.05, 0.1) is 29.2 Å². The summed E-state index contributed by atoms with van der Waals surface area (Å²) in [6, 6.07) is 6.43. The molecule has 10 heteroatoms. The second-order valence-electron chi connectivity index (χ2n) is 9.25. The highest BCUT2D eigenvalue weighted by Crippen LogP contribution is 2.42. The van der Waals surface area contributed by atoms with Gasteiger partial charge < -0.3 is 15.4 Å². The average Bonchev–Trinajstić information content (AvgIpc) is 3.58. The third kappa shape index (κ3) is 3.34. The van der Waals surface area contributed by atoms with Crippen molar-refractivity contribution in [3.8, 4) is 17.9 Å². The van der Waals surface area contributed by atoms with Crippen molar-refractivity contribution in [3.63, 3.8) is 0 Å². The Labute approximate surface area is 200 Å². The molecule has 176 valence electrons. The van der Waals surface area contributed by atoms with Crippen LogP contribution < -0.4 is 10.6 Å². The van der Waals surface area contributed by atoms with Crippen molar-refractivity contribution in [2.45, 2.75) is 31.9 Å². The van der Waals surface area contributed by atoms with E-state index in [4.69, 9.17) is 20.7 Å². The van der Waals surface area contributed by atoms with Gasteiger partial charge >= 0.3 is 0 Å². The van der Waals surface area contributed by atoms with Crippen LogP contribution in [0.5, 0.6) is 0 Å². The van der Waals surface area contributed by atoms with Crippen LogP contribution in [-0.4, -0.2) is 56.4 Å². The number of benzene rings is 1. The number of hydrogen-bond donors (Lipinski definition) is 2. The fourth-order valence-corrected chi connectivity index (χ4v) is 5.21. The number of aromatic nitrogens is 5. The lowest BCUT2D eigenvalue weighted by Crippen LogP contribution is -2.51. The van der Waals surface area contributed by atoms with Gasteiger partial charge in [-0.05, 0) is 37.8 Å². The molecule has 9 nitrogen and oxygen atoms in total. The van der Waals surface area contributed by atoms with Crippen molar-refractivity contribution in [1.29, 1.82) is 5.26 Å². The Bertz CT molecular complexity index is 1550. The molecule has 0 bridgehead atoms. The van der Waals surface area contributed by atoms with Gasteiger partial charge in [-0.2, -0.15) is 15.3 Å². The van der Waals surface area contributed by atoms with E-state index in [1.54, 1.807) is 12.3 Å². The number of ether oxygens (including phenoxy) is 1.